The van der Waals surface area contributed by atoms with E-state index in [1.807, 2.05) is 0 Å². The number of nitrogens with zero attached hydrogens (tertiary/aromatic N) is 2. The van der Waals surface area contributed by atoms with Crippen molar-refractivity contribution in [3.63, 3.8) is 0 Å². The summed E-state index contributed by atoms with van der Waals surface area (Å²) in [4.78, 5) is 4.92. The van der Waals surface area contributed by atoms with Crippen molar-refractivity contribution in [1.29, 1.82) is 0 Å². The maximum absolute atomic E-state index is 5.53. The van der Waals surface area contributed by atoms with Gasteiger partial charge in [0.1, 0.15) is 5.82 Å². The normalized spacial score (nSPS) is 23.6. The first-order valence-corrected chi connectivity index (χ1v) is 7.43. The third-order valence-electron chi connectivity index (χ3n) is 4.12. The van der Waals surface area contributed by atoms with Gasteiger partial charge in [0.2, 0.25) is 0 Å². The zero-order valence-electron chi connectivity index (χ0n) is 12.3. The van der Waals surface area contributed by atoms with Crippen LogP contribution in [0.15, 0.2) is 0 Å². The molecule has 2 aliphatic heterocycles. The van der Waals surface area contributed by atoms with Gasteiger partial charge in [-0.15, -0.1) is 0 Å². The molecule has 0 aliphatic carbocycles. The second-order valence-electron chi connectivity index (χ2n) is 6.85. The Bertz CT molecular complexity index is 453. The fourth-order valence-corrected chi connectivity index (χ4v) is 3.13. The molecule has 1 unspecified atom stereocenters. The van der Waals surface area contributed by atoms with Gasteiger partial charge < -0.3 is 14.6 Å². The van der Waals surface area contributed by atoms with Gasteiger partial charge in [-0.2, -0.15) is 0 Å². The number of fused-ring (bicyclic) bond motifs is 1. The number of imidazole rings is 1. The van der Waals surface area contributed by atoms with Gasteiger partial charge in [-0.05, 0) is 6.42 Å². The van der Waals surface area contributed by atoms with E-state index in [1.54, 1.807) is 0 Å². The van der Waals surface area contributed by atoms with E-state index in [0.29, 0.717) is 5.92 Å². The van der Waals surface area contributed by atoms with Gasteiger partial charge in [0, 0.05) is 49.7 Å². The zero-order valence-corrected chi connectivity index (χ0v) is 12.3. The standard InChI is InChI=1S/C15H25N3O/c1-15(2,3)14-17-12-8-16-6-4-13(12)18(14)9-11-5-7-19-10-11/h11,16H,4-10H2,1-3H3. The predicted octanol–water partition coefficient (Wildman–Crippen LogP) is 1.86. The lowest BCUT2D eigenvalue weighted by Crippen LogP contribution is -2.27. The SMILES string of the molecule is CC(C)(C)c1nc2c(n1CC1CCOC1)CCNC2. The van der Waals surface area contributed by atoms with Gasteiger partial charge in [0.15, 0.2) is 0 Å². The molecule has 4 heteroatoms. The van der Waals surface area contributed by atoms with Crippen LogP contribution in [0.3, 0.4) is 0 Å². The summed E-state index contributed by atoms with van der Waals surface area (Å²) in [5.74, 6) is 1.90. The van der Waals surface area contributed by atoms with Crippen LogP contribution in [0.4, 0.5) is 0 Å². The number of rotatable bonds is 2. The molecule has 1 aromatic rings. The molecule has 4 nitrogen and oxygen atoms in total. The highest BCUT2D eigenvalue weighted by Crippen LogP contribution is 2.28. The number of hydrogen-bond donors (Lipinski definition) is 1. The summed E-state index contributed by atoms with van der Waals surface area (Å²) >= 11 is 0. The molecule has 0 bridgehead atoms. The molecule has 2 aliphatic rings. The van der Waals surface area contributed by atoms with E-state index < -0.39 is 0 Å². The van der Waals surface area contributed by atoms with E-state index >= 15 is 0 Å². The number of aromatic nitrogens is 2. The van der Waals surface area contributed by atoms with Crippen molar-refractivity contribution < 1.29 is 4.74 Å². The fourth-order valence-electron chi connectivity index (χ4n) is 3.13. The van der Waals surface area contributed by atoms with Crippen LogP contribution in [0.1, 0.15) is 44.4 Å². The Morgan fingerprint density at radius 2 is 2.26 bits per heavy atom. The predicted molar refractivity (Wildman–Crippen MR) is 75.3 cm³/mol. The van der Waals surface area contributed by atoms with E-state index in [1.165, 1.54) is 23.6 Å². The Morgan fingerprint density at radius 3 is 2.95 bits per heavy atom. The van der Waals surface area contributed by atoms with Gasteiger partial charge in [0.05, 0.1) is 12.3 Å². The first-order chi connectivity index (χ1) is 9.05. The number of hydrogen-bond acceptors (Lipinski definition) is 3. The minimum Gasteiger partial charge on any atom is -0.381 e. The largest absolute Gasteiger partial charge is 0.381 e. The van der Waals surface area contributed by atoms with Crippen LogP contribution in [0.25, 0.3) is 0 Å². The molecule has 1 fully saturated rings. The van der Waals surface area contributed by atoms with Crippen molar-refractivity contribution in [2.24, 2.45) is 5.92 Å². The maximum atomic E-state index is 5.53. The molecule has 1 atom stereocenters. The van der Waals surface area contributed by atoms with Gasteiger partial charge >= 0.3 is 0 Å². The first-order valence-electron chi connectivity index (χ1n) is 7.43. The number of ether oxygens (including phenoxy) is 1. The summed E-state index contributed by atoms with van der Waals surface area (Å²) in [5.41, 5.74) is 2.82. The Labute approximate surface area is 115 Å². The molecule has 106 valence electrons. The monoisotopic (exact) mass is 263 g/mol. The van der Waals surface area contributed by atoms with Gasteiger partial charge in [0.25, 0.3) is 0 Å². The van der Waals surface area contributed by atoms with E-state index in [0.717, 1.165) is 39.3 Å². The maximum Gasteiger partial charge on any atom is 0.114 e. The van der Waals surface area contributed by atoms with Crippen LogP contribution < -0.4 is 5.32 Å². The van der Waals surface area contributed by atoms with Crippen LogP contribution in [0.2, 0.25) is 0 Å². The minimum absolute atomic E-state index is 0.108. The van der Waals surface area contributed by atoms with Crippen molar-refractivity contribution in [2.75, 3.05) is 19.8 Å². The van der Waals surface area contributed by atoms with Crippen molar-refractivity contribution in [3.8, 4) is 0 Å². The van der Waals surface area contributed by atoms with Crippen molar-refractivity contribution >= 4 is 0 Å². The average molecular weight is 263 g/mol. The van der Waals surface area contributed by atoms with E-state index in [2.05, 4.69) is 30.7 Å². The summed E-state index contributed by atoms with van der Waals surface area (Å²) in [6, 6.07) is 0. The Balaban J connectivity index is 1.96. The van der Waals surface area contributed by atoms with Gasteiger partial charge in [-0.25, -0.2) is 4.98 Å². The fraction of sp³-hybridized carbons (Fsp3) is 0.800. The molecule has 3 heterocycles. The highest BCUT2D eigenvalue weighted by molar-refractivity contribution is 5.23. The minimum atomic E-state index is 0.108. The topological polar surface area (TPSA) is 39.1 Å². The molecular formula is C15H25N3O. The molecule has 3 rings (SSSR count). The Kier molecular flexibility index (Phi) is 3.39. The summed E-state index contributed by atoms with van der Waals surface area (Å²) in [5, 5.41) is 3.43. The van der Waals surface area contributed by atoms with Crippen LogP contribution in [-0.4, -0.2) is 29.3 Å². The van der Waals surface area contributed by atoms with E-state index in [9.17, 15) is 0 Å². The van der Waals surface area contributed by atoms with Crippen LogP contribution in [-0.2, 0) is 29.7 Å². The molecule has 0 amide bonds. The molecule has 0 aromatic carbocycles. The first kappa shape index (κ1) is 13.1. The van der Waals surface area contributed by atoms with Crippen molar-refractivity contribution in [1.82, 2.24) is 14.9 Å². The molecule has 19 heavy (non-hydrogen) atoms. The van der Waals surface area contributed by atoms with Crippen molar-refractivity contribution in [3.05, 3.63) is 17.2 Å². The molecule has 0 saturated carbocycles. The smallest absolute Gasteiger partial charge is 0.114 e. The lowest BCUT2D eigenvalue weighted by Gasteiger charge is -2.23. The van der Waals surface area contributed by atoms with E-state index in [4.69, 9.17) is 9.72 Å². The second kappa shape index (κ2) is 4.91. The summed E-state index contributed by atoms with van der Waals surface area (Å²) in [6.45, 7) is 11.7. The highest BCUT2D eigenvalue weighted by Gasteiger charge is 2.29. The van der Waals surface area contributed by atoms with Crippen molar-refractivity contribution in [2.45, 2.75) is 52.1 Å². The van der Waals surface area contributed by atoms with Gasteiger partial charge in [-0.3, -0.25) is 0 Å². The lowest BCUT2D eigenvalue weighted by atomic mass is 9.95. The number of nitrogens with one attached hydrogen (secondary N) is 1. The Morgan fingerprint density at radius 1 is 1.42 bits per heavy atom. The summed E-state index contributed by atoms with van der Waals surface area (Å²) < 4.78 is 8.02. The highest BCUT2D eigenvalue weighted by atomic mass is 16.5. The van der Waals surface area contributed by atoms with Crippen LogP contribution in [0.5, 0.6) is 0 Å². The van der Waals surface area contributed by atoms with Gasteiger partial charge in [-0.1, -0.05) is 20.8 Å². The third kappa shape index (κ3) is 2.56. The molecule has 0 radical (unpaired) electrons. The second-order valence-corrected chi connectivity index (χ2v) is 6.85. The molecule has 1 N–H and O–H groups in total. The van der Waals surface area contributed by atoms with Crippen LogP contribution >= 0.6 is 0 Å². The lowest BCUT2D eigenvalue weighted by molar-refractivity contribution is 0.181. The van der Waals surface area contributed by atoms with Crippen LogP contribution in [0, 0.1) is 5.92 Å². The third-order valence-corrected chi connectivity index (χ3v) is 4.12. The Hall–Kier alpha value is -0.870. The molecular weight excluding hydrogens is 238 g/mol. The van der Waals surface area contributed by atoms with E-state index in [-0.39, 0.29) is 5.41 Å². The molecule has 1 saturated heterocycles. The summed E-state index contributed by atoms with van der Waals surface area (Å²) in [6.07, 6.45) is 2.29. The molecule has 0 spiro atoms. The summed E-state index contributed by atoms with van der Waals surface area (Å²) in [7, 11) is 0. The molecule has 1 aromatic heterocycles. The average Bonchev–Trinajstić information content (AvgIpc) is 2.97. The zero-order chi connectivity index (χ0) is 13.5. The quantitative estimate of drug-likeness (QED) is 0.885.